The lowest BCUT2D eigenvalue weighted by molar-refractivity contribution is -0.301. The topological polar surface area (TPSA) is 178 Å². The highest BCUT2D eigenvalue weighted by atomic mass is 32.3. The molecule has 4 N–H and O–H groups in total. The Labute approximate surface area is 460 Å². The lowest BCUT2D eigenvalue weighted by Gasteiger charge is -2.41. The van der Waals surface area contributed by atoms with Crippen molar-refractivity contribution in [3.05, 3.63) is 146 Å². The van der Waals surface area contributed by atoms with Crippen molar-refractivity contribution in [2.75, 3.05) is 26.4 Å². The van der Waals surface area contributed by atoms with Crippen LogP contribution in [0, 0.1) is 0 Å². The number of aliphatic hydroxyl groups excluding tert-OH is 3. The van der Waals surface area contributed by atoms with Gasteiger partial charge in [0.1, 0.15) is 30.5 Å². The number of rotatable bonds is 48. The van der Waals surface area contributed by atoms with Crippen molar-refractivity contribution < 1.29 is 56.2 Å². The van der Waals surface area contributed by atoms with Crippen LogP contribution in [0.2, 0.25) is 0 Å². The molecule has 1 rings (SSSR count). The Morgan fingerprint density at radius 3 is 1.26 bits per heavy atom. The van der Waals surface area contributed by atoms with E-state index in [-0.39, 0.29) is 19.6 Å². The maximum atomic E-state index is 13.0. The fourth-order valence-corrected chi connectivity index (χ4v) is 8.25. The second-order valence-corrected chi connectivity index (χ2v) is 19.8. The molecule has 1 heterocycles. The molecule has 76 heavy (non-hydrogen) atoms. The lowest BCUT2D eigenvalue weighted by atomic mass is 9.99. The van der Waals surface area contributed by atoms with Crippen molar-refractivity contribution in [1.82, 2.24) is 0 Å². The van der Waals surface area contributed by atoms with Crippen molar-refractivity contribution in [2.24, 2.45) is 0 Å². The smallest absolute Gasteiger partial charge is 0.397 e. The first-order chi connectivity index (χ1) is 37.1. The van der Waals surface area contributed by atoms with Crippen LogP contribution in [0.4, 0.5) is 0 Å². The summed E-state index contributed by atoms with van der Waals surface area (Å²) in [7, 11) is -5.08. The lowest BCUT2D eigenvalue weighted by Crippen LogP contribution is -2.60. The third-order valence-corrected chi connectivity index (χ3v) is 12.4. The number of carbonyl (C=O) groups is 1. The normalized spacial score (nSPS) is 19.7. The van der Waals surface area contributed by atoms with E-state index in [1.807, 2.05) is 0 Å². The number of aliphatic hydroxyl groups is 3. The molecule has 1 fully saturated rings. The van der Waals surface area contributed by atoms with E-state index in [0.29, 0.717) is 13.0 Å². The summed E-state index contributed by atoms with van der Waals surface area (Å²) in [6.07, 6.45) is 68.7. The van der Waals surface area contributed by atoms with E-state index in [9.17, 15) is 33.1 Å². The molecule has 0 aromatic carbocycles. The average molecular weight is 1080 g/mol. The Bertz CT molecular complexity index is 1870. The van der Waals surface area contributed by atoms with Crippen LogP contribution < -0.4 is 0 Å². The number of ether oxygens (including phenoxy) is 4. The summed E-state index contributed by atoms with van der Waals surface area (Å²) in [6, 6.07) is 0. The molecule has 430 valence electrons. The van der Waals surface area contributed by atoms with Gasteiger partial charge in [-0.2, -0.15) is 8.42 Å². The van der Waals surface area contributed by atoms with Gasteiger partial charge in [0.25, 0.3) is 0 Å². The summed E-state index contributed by atoms with van der Waals surface area (Å²) in [5.41, 5.74) is 0. The SMILES string of the molecule is CC/C=C\C/C=C\C/C=C\C/C=C\C/C=C\C/C=C\CCCCCCCCCOCC(COC1OC(CO)C(O)C(OS(=O)(=O)O)C1O)OC(=O)CCCCCC/C=C\C/C=C\C/C=C\C/C=C\C/C=C\C/C=C\CC. The minimum atomic E-state index is -5.08. The highest BCUT2D eigenvalue weighted by Gasteiger charge is 2.48. The molecule has 0 aromatic heterocycles. The number of carbonyl (C=O) groups excluding carboxylic acids is 1. The van der Waals surface area contributed by atoms with Gasteiger partial charge in [0.05, 0.1) is 19.8 Å². The third kappa shape index (κ3) is 44.0. The van der Waals surface area contributed by atoms with Crippen LogP contribution in [0.25, 0.3) is 0 Å². The Kier molecular flexibility index (Phi) is 47.6. The fourth-order valence-electron chi connectivity index (χ4n) is 7.74. The number of hydrogen-bond acceptors (Lipinski definition) is 11. The van der Waals surface area contributed by atoms with E-state index in [0.717, 1.165) is 135 Å². The Balaban J connectivity index is 2.37. The first-order valence-corrected chi connectivity index (χ1v) is 30.0. The predicted octanol–water partition coefficient (Wildman–Crippen LogP) is 14.4. The van der Waals surface area contributed by atoms with Gasteiger partial charge in [-0.05, 0) is 116 Å². The molecule has 13 heteroatoms. The van der Waals surface area contributed by atoms with E-state index in [1.54, 1.807) is 0 Å². The van der Waals surface area contributed by atoms with E-state index < -0.39 is 59.8 Å². The van der Waals surface area contributed by atoms with E-state index >= 15 is 0 Å². The van der Waals surface area contributed by atoms with Crippen LogP contribution in [0.3, 0.4) is 0 Å². The van der Waals surface area contributed by atoms with Crippen molar-refractivity contribution >= 4 is 16.4 Å². The fraction of sp³-hybridized carbons (Fsp3) is 0.603. The molecule has 0 aliphatic carbocycles. The molecule has 0 spiro atoms. The highest BCUT2D eigenvalue weighted by Crippen LogP contribution is 2.26. The van der Waals surface area contributed by atoms with Crippen molar-refractivity contribution in [1.29, 1.82) is 0 Å². The molecule has 6 atom stereocenters. The summed E-state index contributed by atoms with van der Waals surface area (Å²) in [5.74, 6) is -0.434. The molecule has 1 aliphatic heterocycles. The van der Waals surface area contributed by atoms with Gasteiger partial charge in [-0.1, -0.05) is 205 Å². The van der Waals surface area contributed by atoms with Gasteiger partial charge in [-0.3, -0.25) is 9.35 Å². The van der Waals surface area contributed by atoms with Gasteiger partial charge in [0, 0.05) is 13.0 Å². The first kappa shape index (κ1) is 70.0. The zero-order chi connectivity index (χ0) is 55.3. The summed E-state index contributed by atoms with van der Waals surface area (Å²) in [5, 5.41) is 30.9. The number of allylic oxidation sites excluding steroid dienone is 24. The molecule has 0 amide bonds. The van der Waals surface area contributed by atoms with Gasteiger partial charge < -0.3 is 34.3 Å². The number of hydrogen-bond donors (Lipinski definition) is 4. The molecular weight excluding hydrogens is 981 g/mol. The number of esters is 1. The molecule has 1 saturated heterocycles. The quantitative estimate of drug-likeness (QED) is 0.0196. The minimum Gasteiger partial charge on any atom is -0.457 e. The second kappa shape index (κ2) is 51.7. The van der Waals surface area contributed by atoms with E-state index in [4.69, 9.17) is 18.9 Å². The summed E-state index contributed by atoms with van der Waals surface area (Å²) in [4.78, 5) is 13.0. The molecule has 0 saturated carbocycles. The van der Waals surface area contributed by atoms with Gasteiger partial charge >= 0.3 is 16.4 Å². The van der Waals surface area contributed by atoms with Crippen LogP contribution in [0.1, 0.15) is 181 Å². The van der Waals surface area contributed by atoms with E-state index in [1.165, 1.54) is 19.3 Å². The summed E-state index contributed by atoms with van der Waals surface area (Å²) >= 11 is 0. The maximum absolute atomic E-state index is 13.0. The predicted molar refractivity (Wildman–Crippen MR) is 312 cm³/mol. The molecule has 6 unspecified atom stereocenters. The van der Waals surface area contributed by atoms with Crippen LogP contribution in [0.15, 0.2) is 146 Å². The largest absolute Gasteiger partial charge is 0.457 e. The maximum Gasteiger partial charge on any atom is 0.397 e. The van der Waals surface area contributed by atoms with E-state index in [2.05, 4.69) is 164 Å². The molecule has 0 aromatic rings. The van der Waals surface area contributed by atoms with Gasteiger partial charge in [0.15, 0.2) is 6.29 Å². The molecule has 0 radical (unpaired) electrons. The molecule has 0 bridgehead atoms. The van der Waals surface area contributed by atoms with Gasteiger partial charge in [0.2, 0.25) is 0 Å². The average Bonchev–Trinajstić information content (AvgIpc) is 3.40. The van der Waals surface area contributed by atoms with Crippen LogP contribution >= 0.6 is 0 Å². The number of unbranched alkanes of at least 4 members (excludes halogenated alkanes) is 11. The van der Waals surface area contributed by atoms with Crippen molar-refractivity contribution in [2.45, 2.75) is 218 Å². The third-order valence-electron chi connectivity index (χ3n) is 12.0. The second-order valence-electron chi connectivity index (χ2n) is 18.8. The Hall–Kier alpha value is -4.02. The highest BCUT2D eigenvalue weighted by molar-refractivity contribution is 7.80. The first-order valence-electron chi connectivity index (χ1n) is 28.6. The zero-order valence-corrected chi connectivity index (χ0v) is 47.3. The standard InChI is InChI=1S/C63H100O12S/c1-3-5-7-9-11-13-15-17-19-21-23-25-27-28-29-31-33-35-37-39-41-43-45-47-49-51-53-71-55-57(56-72-63-61(67)62(75-76(68,69)70)60(66)58(54-64)74-63)73-59(65)52-50-48-46-44-42-40-38-36-34-32-30-26-24-22-20-18-16-14-12-10-8-6-4-2/h5-8,11-14,17-20,23-26,28-29,32-35,38,40,57-58,60-64,66-67H,3-4,9-10,15-16,21-22,27,30-31,36-37,39,41-56H2,1-2H3,(H,68,69,70)/b7-5-,8-6-,13-11-,14-12-,19-17-,20-18-,25-23-,26-24-,29-28-,34-32-,35-33-,40-38-. The molecule has 1 aliphatic rings. The van der Waals surface area contributed by atoms with Gasteiger partial charge in [-0.15, -0.1) is 0 Å². The van der Waals surface area contributed by atoms with Crippen molar-refractivity contribution in [3.63, 3.8) is 0 Å². The monoisotopic (exact) mass is 1080 g/mol. The van der Waals surface area contributed by atoms with Crippen LogP contribution in [0.5, 0.6) is 0 Å². The molecule has 12 nitrogen and oxygen atoms in total. The minimum absolute atomic E-state index is 0.00606. The van der Waals surface area contributed by atoms with Crippen molar-refractivity contribution in [3.8, 4) is 0 Å². The van der Waals surface area contributed by atoms with Gasteiger partial charge in [-0.25, -0.2) is 4.18 Å². The molecular formula is C63H100O12S. The van der Waals surface area contributed by atoms with Crippen LogP contribution in [-0.4, -0.2) is 97.5 Å². The Morgan fingerprint density at radius 1 is 0.500 bits per heavy atom. The van der Waals surface area contributed by atoms with Crippen LogP contribution in [-0.2, 0) is 38.3 Å². The summed E-state index contributed by atoms with van der Waals surface area (Å²) in [6.45, 7) is 3.68. The Morgan fingerprint density at radius 2 is 0.868 bits per heavy atom. The zero-order valence-electron chi connectivity index (χ0n) is 46.5. The summed E-state index contributed by atoms with van der Waals surface area (Å²) < 4.78 is 59.4.